The van der Waals surface area contributed by atoms with Crippen molar-refractivity contribution in [2.24, 2.45) is 0 Å². The molecule has 0 unspecified atom stereocenters. The zero-order valence-electron chi connectivity index (χ0n) is 9.41. The van der Waals surface area contributed by atoms with Crippen LogP contribution in [0.3, 0.4) is 0 Å². The van der Waals surface area contributed by atoms with Gasteiger partial charge >= 0.3 is 12.0 Å². The minimum Gasteiger partial charge on any atom is -0.480 e. The Kier molecular flexibility index (Phi) is 4.19. The van der Waals surface area contributed by atoms with Gasteiger partial charge < -0.3 is 15.7 Å². The molecule has 96 valence electrons. The second-order valence-electron chi connectivity index (χ2n) is 3.43. The van der Waals surface area contributed by atoms with E-state index in [1.807, 2.05) is 0 Å². The minimum atomic E-state index is -1.20. The maximum absolute atomic E-state index is 11.4. The molecule has 0 fully saturated rings. The molecule has 1 aromatic carbocycles. The number of carbonyl (C=O) groups excluding carboxylic acids is 1. The molecule has 18 heavy (non-hydrogen) atoms. The summed E-state index contributed by atoms with van der Waals surface area (Å²) in [5.41, 5.74) is -0.270. The van der Waals surface area contributed by atoms with Crippen LogP contribution in [-0.4, -0.2) is 28.1 Å². The highest BCUT2D eigenvalue weighted by Gasteiger charge is 2.17. The number of anilines is 1. The molecule has 0 aliphatic rings. The third kappa shape index (κ3) is 3.44. The molecule has 1 rings (SSSR count). The van der Waals surface area contributed by atoms with Crippen molar-refractivity contribution in [2.45, 2.75) is 13.0 Å². The number of benzene rings is 1. The quantitative estimate of drug-likeness (QED) is 0.549. The lowest BCUT2D eigenvalue weighted by molar-refractivity contribution is -0.383. The van der Waals surface area contributed by atoms with Crippen LogP contribution in [0.25, 0.3) is 0 Å². The summed E-state index contributed by atoms with van der Waals surface area (Å²) >= 11 is 0. The first-order chi connectivity index (χ1) is 8.41. The van der Waals surface area contributed by atoms with Crippen molar-refractivity contribution < 1.29 is 19.6 Å². The van der Waals surface area contributed by atoms with Crippen molar-refractivity contribution in [3.05, 3.63) is 34.4 Å². The van der Waals surface area contributed by atoms with E-state index >= 15 is 0 Å². The number of rotatable bonds is 4. The molecule has 0 saturated heterocycles. The molecule has 0 aliphatic carbocycles. The fraction of sp³-hybridized carbons (Fsp3) is 0.200. The number of carboxylic acid groups (broad SMARTS) is 1. The number of nitro groups is 1. The second kappa shape index (κ2) is 5.62. The molecule has 0 spiro atoms. The molecule has 3 N–H and O–H groups in total. The van der Waals surface area contributed by atoms with Crippen molar-refractivity contribution in [1.82, 2.24) is 5.32 Å². The molecular weight excluding hydrogens is 242 g/mol. The molecule has 8 heteroatoms. The van der Waals surface area contributed by atoms with E-state index in [0.29, 0.717) is 0 Å². The Morgan fingerprint density at radius 2 is 2.00 bits per heavy atom. The van der Waals surface area contributed by atoms with E-state index in [4.69, 9.17) is 5.11 Å². The topological polar surface area (TPSA) is 122 Å². The van der Waals surface area contributed by atoms with Crippen LogP contribution in [-0.2, 0) is 4.79 Å². The standard InChI is InChI=1S/C10H11N3O5/c1-6(9(14)15)11-10(16)12-7-4-2-3-5-8(7)13(17)18/h2-6H,1H3,(H,14,15)(H2,11,12,16)/t6-/m1/s1. The van der Waals surface area contributed by atoms with Gasteiger partial charge in [0.05, 0.1) is 4.92 Å². The van der Waals surface area contributed by atoms with Crippen molar-refractivity contribution in [1.29, 1.82) is 0 Å². The molecule has 1 atom stereocenters. The number of amides is 2. The monoisotopic (exact) mass is 253 g/mol. The number of hydrogen-bond donors (Lipinski definition) is 3. The number of carboxylic acids is 1. The van der Waals surface area contributed by atoms with E-state index in [1.54, 1.807) is 0 Å². The summed E-state index contributed by atoms with van der Waals surface area (Å²) in [6.45, 7) is 1.28. The van der Waals surface area contributed by atoms with E-state index < -0.39 is 23.0 Å². The zero-order valence-corrected chi connectivity index (χ0v) is 9.41. The van der Waals surface area contributed by atoms with Gasteiger partial charge in [0.1, 0.15) is 11.7 Å². The Bertz CT molecular complexity index is 488. The number of urea groups is 1. The van der Waals surface area contributed by atoms with Crippen LogP contribution >= 0.6 is 0 Å². The highest BCUT2D eigenvalue weighted by atomic mass is 16.6. The average molecular weight is 253 g/mol. The minimum absolute atomic E-state index is 0.00223. The molecule has 1 aromatic rings. The lowest BCUT2D eigenvalue weighted by Gasteiger charge is -2.10. The van der Waals surface area contributed by atoms with E-state index in [1.165, 1.54) is 31.2 Å². The summed E-state index contributed by atoms with van der Waals surface area (Å²) in [5.74, 6) is -1.20. The summed E-state index contributed by atoms with van der Waals surface area (Å²) in [6.07, 6.45) is 0. The lowest BCUT2D eigenvalue weighted by Crippen LogP contribution is -2.40. The maximum Gasteiger partial charge on any atom is 0.325 e. The molecule has 0 heterocycles. The molecule has 0 saturated carbocycles. The fourth-order valence-corrected chi connectivity index (χ4v) is 1.16. The van der Waals surface area contributed by atoms with E-state index in [-0.39, 0.29) is 11.4 Å². The van der Waals surface area contributed by atoms with E-state index in [9.17, 15) is 19.7 Å². The highest BCUT2D eigenvalue weighted by molar-refractivity contribution is 5.94. The summed E-state index contributed by atoms with van der Waals surface area (Å²) in [7, 11) is 0. The van der Waals surface area contributed by atoms with Gasteiger partial charge in [-0.1, -0.05) is 12.1 Å². The van der Waals surface area contributed by atoms with Gasteiger partial charge in [-0.3, -0.25) is 14.9 Å². The average Bonchev–Trinajstić information content (AvgIpc) is 2.28. The number of hydrogen-bond acceptors (Lipinski definition) is 4. The summed E-state index contributed by atoms with van der Waals surface area (Å²) in [6, 6.07) is 3.65. The number of nitro benzene ring substituents is 1. The molecule has 2 amide bonds. The van der Waals surface area contributed by atoms with Crippen molar-refractivity contribution in [2.75, 3.05) is 5.32 Å². The second-order valence-corrected chi connectivity index (χ2v) is 3.43. The SMILES string of the molecule is C[C@@H](NC(=O)Nc1ccccc1[N+](=O)[O-])C(=O)O. The van der Waals surface area contributed by atoms with Crippen molar-refractivity contribution in [3.8, 4) is 0 Å². The van der Waals surface area contributed by atoms with Crippen LogP contribution < -0.4 is 10.6 Å². The summed E-state index contributed by atoms with van der Waals surface area (Å²) < 4.78 is 0. The number of carbonyl (C=O) groups is 2. The van der Waals surface area contributed by atoms with E-state index in [2.05, 4.69) is 10.6 Å². The maximum atomic E-state index is 11.4. The van der Waals surface area contributed by atoms with Gasteiger partial charge in [-0.25, -0.2) is 4.79 Å². The lowest BCUT2D eigenvalue weighted by atomic mass is 10.2. The van der Waals surface area contributed by atoms with Gasteiger partial charge in [0.15, 0.2) is 0 Å². The Morgan fingerprint density at radius 1 is 1.39 bits per heavy atom. The Morgan fingerprint density at radius 3 is 2.56 bits per heavy atom. The van der Waals surface area contributed by atoms with Gasteiger partial charge in [0.25, 0.3) is 5.69 Å². The van der Waals surface area contributed by atoms with Crippen molar-refractivity contribution in [3.63, 3.8) is 0 Å². The molecule has 0 aromatic heterocycles. The molecule has 0 bridgehead atoms. The van der Waals surface area contributed by atoms with Gasteiger partial charge in [0.2, 0.25) is 0 Å². The smallest absolute Gasteiger partial charge is 0.325 e. The predicted octanol–water partition coefficient (Wildman–Crippen LogP) is 1.19. The first-order valence-electron chi connectivity index (χ1n) is 4.95. The van der Waals surface area contributed by atoms with Crippen LogP contribution in [0.15, 0.2) is 24.3 Å². The first kappa shape index (κ1) is 13.4. The third-order valence-electron chi connectivity index (χ3n) is 2.07. The van der Waals surface area contributed by atoms with Gasteiger partial charge in [0, 0.05) is 6.07 Å². The normalized spacial score (nSPS) is 11.4. The Labute approximate surface area is 102 Å². The van der Waals surface area contributed by atoms with Crippen LogP contribution in [0.5, 0.6) is 0 Å². The Hall–Kier alpha value is -2.64. The molecule has 0 aliphatic heterocycles. The third-order valence-corrected chi connectivity index (χ3v) is 2.07. The predicted molar refractivity (Wildman–Crippen MR) is 62.3 cm³/mol. The van der Waals surface area contributed by atoms with Gasteiger partial charge in [-0.15, -0.1) is 0 Å². The number of nitrogens with one attached hydrogen (secondary N) is 2. The van der Waals surface area contributed by atoms with E-state index in [0.717, 1.165) is 0 Å². The Balaban J connectivity index is 2.76. The molecule has 0 radical (unpaired) electrons. The van der Waals surface area contributed by atoms with Crippen LogP contribution in [0, 0.1) is 10.1 Å². The summed E-state index contributed by atoms with van der Waals surface area (Å²) in [5, 5.41) is 23.6. The number of para-hydroxylation sites is 2. The first-order valence-corrected chi connectivity index (χ1v) is 4.95. The fourth-order valence-electron chi connectivity index (χ4n) is 1.16. The van der Waals surface area contributed by atoms with Crippen LogP contribution in [0.4, 0.5) is 16.2 Å². The number of nitrogens with zero attached hydrogens (tertiary/aromatic N) is 1. The van der Waals surface area contributed by atoms with Crippen LogP contribution in [0.2, 0.25) is 0 Å². The zero-order chi connectivity index (χ0) is 13.7. The van der Waals surface area contributed by atoms with Crippen LogP contribution in [0.1, 0.15) is 6.92 Å². The largest absolute Gasteiger partial charge is 0.480 e. The molecular formula is C10H11N3O5. The van der Waals surface area contributed by atoms with Gasteiger partial charge in [-0.05, 0) is 13.0 Å². The molecule has 8 nitrogen and oxygen atoms in total. The van der Waals surface area contributed by atoms with Gasteiger partial charge in [-0.2, -0.15) is 0 Å². The summed E-state index contributed by atoms with van der Waals surface area (Å²) in [4.78, 5) is 31.9. The number of aliphatic carboxylic acids is 1. The van der Waals surface area contributed by atoms with Crippen molar-refractivity contribution >= 4 is 23.4 Å². The highest BCUT2D eigenvalue weighted by Crippen LogP contribution is 2.22.